The van der Waals surface area contributed by atoms with Crippen LogP contribution in [0.1, 0.15) is 49.4 Å². The van der Waals surface area contributed by atoms with Crippen molar-refractivity contribution in [1.29, 1.82) is 0 Å². The number of ether oxygens (including phenoxy) is 2. The van der Waals surface area contributed by atoms with Gasteiger partial charge >= 0.3 is 5.97 Å². The van der Waals surface area contributed by atoms with Crippen molar-refractivity contribution in [2.75, 3.05) is 33.4 Å². The van der Waals surface area contributed by atoms with Crippen LogP contribution in [0.5, 0.6) is 5.75 Å². The average molecular weight is 332 g/mol. The van der Waals surface area contributed by atoms with Crippen molar-refractivity contribution in [1.82, 2.24) is 0 Å². The average Bonchev–Trinajstić information content (AvgIpc) is 2.60. The minimum Gasteiger partial charge on any atom is -0.494 e. The Morgan fingerprint density at radius 1 is 1.12 bits per heavy atom. The lowest BCUT2D eigenvalue weighted by atomic mass is 9.82. The van der Waals surface area contributed by atoms with E-state index < -0.39 is 0 Å². The van der Waals surface area contributed by atoms with Crippen molar-refractivity contribution in [2.24, 2.45) is 5.92 Å². The van der Waals surface area contributed by atoms with Crippen molar-refractivity contribution >= 4 is 5.97 Å². The third-order valence-electron chi connectivity index (χ3n) is 5.84. The molecule has 0 N–H and O–H groups in total. The number of rotatable bonds is 5. The van der Waals surface area contributed by atoms with E-state index in [0.29, 0.717) is 30.7 Å². The highest BCUT2D eigenvalue weighted by Crippen LogP contribution is 2.36. The first-order chi connectivity index (χ1) is 11.6. The molecule has 3 atom stereocenters. The Morgan fingerprint density at radius 3 is 2.62 bits per heavy atom. The first kappa shape index (κ1) is 17.3. The van der Waals surface area contributed by atoms with Crippen LogP contribution in [0, 0.1) is 5.92 Å². The number of fused-ring (bicyclic) bond motifs is 1. The number of hydrogen-bond acceptors (Lipinski definition) is 3. The summed E-state index contributed by atoms with van der Waals surface area (Å²) in [6, 6.07) is 7.90. The second kappa shape index (κ2) is 7.56. The zero-order valence-corrected chi connectivity index (χ0v) is 15.0. The van der Waals surface area contributed by atoms with Gasteiger partial charge in [0.2, 0.25) is 0 Å². The van der Waals surface area contributed by atoms with E-state index in [4.69, 9.17) is 9.47 Å². The molecule has 0 spiro atoms. The Kier molecular flexibility index (Phi) is 5.44. The van der Waals surface area contributed by atoms with Crippen LogP contribution >= 0.6 is 0 Å². The highest BCUT2D eigenvalue weighted by molar-refractivity contribution is 5.89. The lowest BCUT2D eigenvalue weighted by Gasteiger charge is -2.51. The molecule has 1 aromatic rings. The largest absolute Gasteiger partial charge is 0.494 e. The van der Waals surface area contributed by atoms with Crippen LogP contribution in [-0.4, -0.2) is 49.8 Å². The molecular formula is C20H30NO3+. The van der Waals surface area contributed by atoms with Gasteiger partial charge < -0.3 is 14.0 Å². The number of benzene rings is 1. The minimum absolute atomic E-state index is 0.214. The van der Waals surface area contributed by atoms with Gasteiger partial charge in [0.15, 0.2) is 0 Å². The van der Waals surface area contributed by atoms with Crippen LogP contribution < -0.4 is 4.74 Å². The first-order valence-corrected chi connectivity index (χ1v) is 9.36. The monoisotopic (exact) mass is 332 g/mol. The number of esters is 1. The Labute approximate surface area is 145 Å². The van der Waals surface area contributed by atoms with E-state index in [-0.39, 0.29) is 5.97 Å². The fourth-order valence-corrected chi connectivity index (χ4v) is 4.55. The van der Waals surface area contributed by atoms with Gasteiger partial charge in [-0.25, -0.2) is 4.79 Å². The number of piperidine rings is 2. The zero-order chi connectivity index (χ0) is 17.0. The summed E-state index contributed by atoms with van der Waals surface area (Å²) in [4.78, 5) is 12.3. The molecule has 0 amide bonds. The van der Waals surface area contributed by atoms with Gasteiger partial charge in [0.25, 0.3) is 0 Å². The number of hydrogen-bond donors (Lipinski definition) is 0. The molecule has 0 saturated carbocycles. The van der Waals surface area contributed by atoms with E-state index >= 15 is 0 Å². The molecule has 2 heterocycles. The summed E-state index contributed by atoms with van der Waals surface area (Å²) in [5, 5.41) is 0. The van der Waals surface area contributed by atoms with Crippen molar-refractivity contribution < 1.29 is 18.8 Å². The molecule has 4 heteroatoms. The molecule has 2 saturated heterocycles. The summed E-state index contributed by atoms with van der Waals surface area (Å²) < 4.78 is 12.3. The van der Waals surface area contributed by atoms with E-state index in [0.717, 1.165) is 5.75 Å². The van der Waals surface area contributed by atoms with E-state index in [1.807, 2.05) is 19.1 Å². The van der Waals surface area contributed by atoms with Crippen LogP contribution in [0.25, 0.3) is 0 Å². The quantitative estimate of drug-likeness (QED) is 0.610. The molecule has 0 bridgehead atoms. The molecule has 24 heavy (non-hydrogen) atoms. The molecule has 0 aromatic heterocycles. The first-order valence-electron chi connectivity index (χ1n) is 9.36. The summed E-state index contributed by atoms with van der Waals surface area (Å²) in [6.07, 6.45) is 6.38. The second-order valence-corrected chi connectivity index (χ2v) is 7.45. The SMILES string of the molecule is CCOc1ccc(C(=O)OC[C@@H]2CCC[N@@+]3(C)CCCC[C@H]23)cc1. The maximum atomic E-state index is 12.3. The zero-order valence-electron chi connectivity index (χ0n) is 15.0. The minimum atomic E-state index is -0.214. The molecule has 132 valence electrons. The van der Waals surface area contributed by atoms with Gasteiger partial charge in [-0.2, -0.15) is 0 Å². The molecule has 2 fully saturated rings. The van der Waals surface area contributed by atoms with Gasteiger partial charge in [-0.05, 0) is 56.9 Å². The van der Waals surface area contributed by atoms with Crippen LogP contribution in [0.2, 0.25) is 0 Å². The Balaban J connectivity index is 1.57. The van der Waals surface area contributed by atoms with E-state index in [1.165, 1.54) is 49.7 Å². The molecule has 0 unspecified atom stereocenters. The maximum Gasteiger partial charge on any atom is 0.338 e. The summed E-state index contributed by atoms with van der Waals surface area (Å²) in [5.41, 5.74) is 0.607. The Morgan fingerprint density at radius 2 is 1.88 bits per heavy atom. The standard InChI is InChI=1S/C20H30NO3/c1-3-23-18-11-9-16(10-12-18)20(22)24-15-17-7-6-14-21(2)13-5-4-8-19(17)21/h9-12,17,19H,3-8,13-15H2,1-2H3/q+1/t17-,19+,21+/m0/s1. The maximum absolute atomic E-state index is 12.3. The van der Waals surface area contributed by atoms with E-state index in [1.54, 1.807) is 12.1 Å². The van der Waals surface area contributed by atoms with Gasteiger partial charge in [0.05, 0.1) is 38.3 Å². The van der Waals surface area contributed by atoms with Gasteiger partial charge in [-0.15, -0.1) is 0 Å². The summed E-state index contributed by atoms with van der Waals surface area (Å²) in [6.45, 7) is 5.71. The predicted molar refractivity (Wildman–Crippen MR) is 94.2 cm³/mol. The van der Waals surface area contributed by atoms with Crippen molar-refractivity contribution in [3.63, 3.8) is 0 Å². The number of carbonyl (C=O) groups excluding carboxylic acids is 1. The lowest BCUT2D eigenvalue weighted by Crippen LogP contribution is -2.61. The summed E-state index contributed by atoms with van der Waals surface area (Å²) in [7, 11) is 2.39. The van der Waals surface area contributed by atoms with Gasteiger partial charge in [0, 0.05) is 12.3 Å². The number of carbonyl (C=O) groups is 1. The number of quaternary nitrogens is 1. The van der Waals surface area contributed by atoms with Gasteiger partial charge in [0.1, 0.15) is 12.4 Å². The van der Waals surface area contributed by atoms with Gasteiger partial charge in [-0.1, -0.05) is 0 Å². The van der Waals surface area contributed by atoms with Crippen LogP contribution in [-0.2, 0) is 4.74 Å². The van der Waals surface area contributed by atoms with Crippen molar-refractivity contribution in [2.45, 2.75) is 45.1 Å². The molecule has 2 aliphatic heterocycles. The predicted octanol–water partition coefficient (Wildman–Crippen LogP) is 3.65. The molecule has 1 aromatic carbocycles. The third kappa shape index (κ3) is 3.75. The number of nitrogens with zero attached hydrogens (tertiary/aromatic N) is 1. The van der Waals surface area contributed by atoms with E-state index in [2.05, 4.69) is 7.05 Å². The van der Waals surface area contributed by atoms with Crippen LogP contribution in [0.3, 0.4) is 0 Å². The second-order valence-electron chi connectivity index (χ2n) is 7.45. The smallest absolute Gasteiger partial charge is 0.338 e. The topological polar surface area (TPSA) is 35.5 Å². The summed E-state index contributed by atoms with van der Waals surface area (Å²) >= 11 is 0. The highest BCUT2D eigenvalue weighted by Gasteiger charge is 2.43. The molecule has 2 aliphatic rings. The Hall–Kier alpha value is -1.55. The van der Waals surface area contributed by atoms with Crippen molar-refractivity contribution in [3.8, 4) is 5.75 Å². The normalized spacial score (nSPS) is 29.6. The fraction of sp³-hybridized carbons (Fsp3) is 0.650. The molecule has 0 radical (unpaired) electrons. The van der Waals surface area contributed by atoms with Crippen molar-refractivity contribution in [3.05, 3.63) is 29.8 Å². The van der Waals surface area contributed by atoms with Gasteiger partial charge in [-0.3, -0.25) is 0 Å². The van der Waals surface area contributed by atoms with Crippen LogP contribution in [0.15, 0.2) is 24.3 Å². The lowest BCUT2D eigenvalue weighted by molar-refractivity contribution is -0.947. The van der Waals surface area contributed by atoms with Crippen LogP contribution in [0.4, 0.5) is 0 Å². The third-order valence-corrected chi connectivity index (χ3v) is 5.84. The molecule has 3 rings (SSSR count). The highest BCUT2D eigenvalue weighted by atomic mass is 16.5. The molecular weight excluding hydrogens is 302 g/mol. The molecule has 4 nitrogen and oxygen atoms in total. The molecule has 0 aliphatic carbocycles. The fourth-order valence-electron chi connectivity index (χ4n) is 4.55. The van der Waals surface area contributed by atoms with E-state index in [9.17, 15) is 4.79 Å². The Bertz CT molecular complexity index is 553. The summed E-state index contributed by atoms with van der Waals surface area (Å²) in [5.74, 6) is 1.08.